The molecule has 9 heteroatoms. The molecule has 0 saturated carbocycles. The highest BCUT2D eigenvalue weighted by atomic mass is 35.5. The van der Waals surface area contributed by atoms with Gasteiger partial charge < -0.3 is 19.5 Å². The van der Waals surface area contributed by atoms with Gasteiger partial charge in [0.1, 0.15) is 5.75 Å². The second kappa shape index (κ2) is 8.39. The normalized spacial score (nSPS) is 14.3. The van der Waals surface area contributed by atoms with E-state index in [0.717, 1.165) is 24.3 Å². The number of nitrogens with zero attached hydrogens (tertiary/aromatic N) is 4. The number of imidazole rings is 1. The average molecular weight is 434 g/mol. The van der Waals surface area contributed by atoms with Crippen LogP contribution in [0.1, 0.15) is 5.56 Å². The maximum atomic E-state index is 12.8. The van der Waals surface area contributed by atoms with Crippen LogP contribution in [0, 0.1) is 0 Å². The van der Waals surface area contributed by atoms with Crippen LogP contribution in [0.2, 0.25) is 10.0 Å². The van der Waals surface area contributed by atoms with Gasteiger partial charge in [-0.15, -0.1) is 0 Å². The van der Waals surface area contributed by atoms with Crippen molar-refractivity contribution in [2.24, 2.45) is 0 Å². The Balaban J connectivity index is 1.37. The number of carbonyl (C=O) groups excluding carboxylic acids is 1. The smallest absolute Gasteiger partial charge is 0.227 e. The van der Waals surface area contributed by atoms with Crippen molar-refractivity contribution in [3.8, 4) is 11.7 Å². The third-order valence-corrected chi connectivity index (χ3v) is 5.71. The van der Waals surface area contributed by atoms with Gasteiger partial charge in [-0.1, -0.05) is 23.2 Å². The summed E-state index contributed by atoms with van der Waals surface area (Å²) in [5.41, 5.74) is 1.83. The fraction of sp³-hybridized carbons (Fsp3) is 0.300. The Morgan fingerprint density at radius 3 is 2.66 bits per heavy atom. The molecule has 7 nitrogen and oxygen atoms in total. The average Bonchev–Trinajstić information content (AvgIpc) is 3.39. The number of aromatic amines is 1. The van der Waals surface area contributed by atoms with Crippen LogP contribution in [-0.2, 0) is 11.2 Å². The highest BCUT2D eigenvalue weighted by Gasteiger charge is 2.23. The predicted octanol–water partition coefficient (Wildman–Crippen LogP) is 3.41. The number of methoxy groups -OCH3 is 1. The van der Waals surface area contributed by atoms with Crippen molar-refractivity contribution < 1.29 is 9.53 Å². The van der Waals surface area contributed by atoms with Gasteiger partial charge in [0.15, 0.2) is 0 Å². The van der Waals surface area contributed by atoms with Crippen LogP contribution in [0.5, 0.6) is 5.75 Å². The molecule has 1 aliphatic heterocycles. The number of H-pyrrole nitrogens is 1. The van der Waals surface area contributed by atoms with Gasteiger partial charge in [-0.25, -0.2) is 4.98 Å². The second-order valence-electron chi connectivity index (χ2n) is 6.81. The number of hydrogen-bond donors (Lipinski definition) is 1. The molecule has 0 aliphatic carbocycles. The van der Waals surface area contributed by atoms with Crippen LogP contribution >= 0.6 is 23.2 Å². The first-order valence-electron chi connectivity index (χ1n) is 9.27. The van der Waals surface area contributed by atoms with Crippen molar-refractivity contribution >= 4 is 34.8 Å². The summed E-state index contributed by atoms with van der Waals surface area (Å²) in [6.07, 6.45) is 7.28. The molecule has 0 atom stereocenters. The monoisotopic (exact) mass is 433 g/mol. The number of aromatic nitrogens is 3. The van der Waals surface area contributed by atoms with Gasteiger partial charge in [0.25, 0.3) is 0 Å². The van der Waals surface area contributed by atoms with Gasteiger partial charge in [0, 0.05) is 62.7 Å². The van der Waals surface area contributed by atoms with Crippen molar-refractivity contribution in [1.82, 2.24) is 19.4 Å². The zero-order chi connectivity index (χ0) is 20.4. The Morgan fingerprint density at radius 2 is 1.97 bits per heavy atom. The molecule has 1 N–H and O–H groups in total. The molecule has 1 aliphatic rings. The number of nitrogens with one attached hydrogen (secondary N) is 1. The van der Waals surface area contributed by atoms with Gasteiger partial charge in [-0.2, -0.15) is 0 Å². The molecule has 2 aromatic heterocycles. The Labute approximate surface area is 178 Å². The molecule has 0 radical (unpaired) electrons. The summed E-state index contributed by atoms with van der Waals surface area (Å²) >= 11 is 12.4. The predicted molar refractivity (Wildman–Crippen MR) is 113 cm³/mol. The number of rotatable bonds is 5. The van der Waals surface area contributed by atoms with Crippen molar-refractivity contribution in [1.29, 1.82) is 0 Å². The van der Waals surface area contributed by atoms with Gasteiger partial charge in [0.2, 0.25) is 11.9 Å². The second-order valence-corrected chi connectivity index (χ2v) is 7.63. The van der Waals surface area contributed by atoms with Crippen LogP contribution in [0.4, 0.5) is 5.69 Å². The van der Waals surface area contributed by atoms with E-state index < -0.39 is 0 Å². The van der Waals surface area contributed by atoms with E-state index in [0.29, 0.717) is 34.8 Å². The van der Waals surface area contributed by atoms with Gasteiger partial charge >= 0.3 is 0 Å². The molecule has 1 amide bonds. The van der Waals surface area contributed by atoms with E-state index in [1.807, 2.05) is 29.3 Å². The summed E-state index contributed by atoms with van der Waals surface area (Å²) < 4.78 is 7.09. The first-order valence-corrected chi connectivity index (χ1v) is 10.0. The van der Waals surface area contributed by atoms with Crippen LogP contribution in [0.3, 0.4) is 0 Å². The highest BCUT2D eigenvalue weighted by molar-refractivity contribution is 6.32. The Kier molecular flexibility index (Phi) is 5.69. The van der Waals surface area contributed by atoms with E-state index in [-0.39, 0.29) is 12.3 Å². The minimum Gasteiger partial charge on any atom is -0.495 e. The van der Waals surface area contributed by atoms with Crippen LogP contribution in [-0.4, -0.2) is 58.6 Å². The summed E-state index contributed by atoms with van der Waals surface area (Å²) in [6, 6.07) is 5.73. The zero-order valence-electron chi connectivity index (χ0n) is 15.9. The largest absolute Gasteiger partial charge is 0.495 e. The molecule has 0 spiro atoms. The number of hydrogen-bond acceptors (Lipinski definition) is 4. The lowest BCUT2D eigenvalue weighted by Crippen LogP contribution is -2.49. The van der Waals surface area contributed by atoms with Gasteiger partial charge in [0.05, 0.1) is 23.6 Å². The fourth-order valence-corrected chi connectivity index (χ4v) is 3.87. The van der Waals surface area contributed by atoms with Crippen molar-refractivity contribution in [2.75, 3.05) is 38.2 Å². The van der Waals surface area contributed by atoms with Crippen LogP contribution in [0.25, 0.3) is 5.95 Å². The number of amides is 1. The Bertz CT molecular complexity index is 994. The summed E-state index contributed by atoms with van der Waals surface area (Å²) in [5.74, 6) is 1.38. The molecule has 0 bridgehead atoms. The zero-order valence-corrected chi connectivity index (χ0v) is 17.5. The molecule has 1 saturated heterocycles. The van der Waals surface area contributed by atoms with Gasteiger partial charge in [-0.3, -0.25) is 9.36 Å². The molecular formula is C20H21Cl2N5O2. The minimum absolute atomic E-state index is 0.0671. The highest BCUT2D eigenvalue weighted by Crippen LogP contribution is 2.30. The van der Waals surface area contributed by atoms with Crippen LogP contribution < -0.4 is 9.64 Å². The molecule has 3 heterocycles. The van der Waals surface area contributed by atoms with Crippen molar-refractivity contribution in [3.05, 3.63) is 58.6 Å². The molecule has 1 fully saturated rings. The van der Waals surface area contributed by atoms with E-state index in [4.69, 9.17) is 27.9 Å². The molecule has 0 unspecified atom stereocenters. The maximum absolute atomic E-state index is 12.8. The van der Waals surface area contributed by atoms with E-state index in [1.165, 1.54) is 0 Å². The lowest BCUT2D eigenvalue weighted by Gasteiger charge is -2.36. The number of benzene rings is 1. The number of piperazine rings is 1. The van der Waals surface area contributed by atoms with E-state index in [1.54, 1.807) is 30.3 Å². The number of ether oxygens (including phenoxy) is 1. The molecule has 152 valence electrons. The quantitative estimate of drug-likeness (QED) is 0.669. The maximum Gasteiger partial charge on any atom is 0.227 e. The summed E-state index contributed by atoms with van der Waals surface area (Å²) in [6.45, 7) is 2.80. The Hall–Kier alpha value is -2.64. The first-order chi connectivity index (χ1) is 14.0. The first kappa shape index (κ1) is 19.7. The summed E-state index contributed by atoms with van der Waals surface area (Å²) in [4.78, 5) is 24.1. The third kappa shape index (κ3) is 4.21. The van der Waals surface area contributed by atoms with E-state index >= 15 is 0 Å². The van der Waals surface area contributed by atoms with Crippen molar-refractivity contribution in [2.45, 2.75) is 6.42 Å². The Morgan fingerprint density at radius 1 is 1.17 bits per heavy atom. The van der Waals surface area contributed by atoms with Crippen LogP contribution in [0.15, 0.2) is 43.0 Å². The standard InChI is InChI=1S/C20H21Cl2N5O2/c1-29-18-11-15(2-3-16(18)21)25-6-8-26(9-7-25)19(28)10-14-12-27(13-17(14)22)20-23-4-5-24-20/h2-5,11-13H,6-10H2,1H3,(H,23,24). The SMILES string of the molecule is COc1cc(N2CCN(C(=O)Cc3cn(-c4ncc[nH]4)cc3Cl)CC2)ccc1Cl. The molecule has 4 rings (SSSR count). The number of halogens is 2. The van der Waals surface area contributed by atoms with E-state index in [9.17, 15) is 4.79 Å². The molecular weight excluding hydrogens is 413 g/mol. The molecule has 3 aromatic rings. The number of anilines is 1. The number of carbonyl (C=O) groups is 1. The lowest BCUT2D eigenvalue weighted by atomic mass is 10.2. The molecule has 1 aromatic carbocycles. The van der Waals surface area contributed by atoms with E-state index in [2.05, 4.69) is 14.9 Å². The third-order valence-electron chi connectivity index (χ3n) is 5.06. The van der Waals surface area contributed by atoms with Crippen molar-refractivity contribution in [3.63, 3.8) is 0 Å². The topological polar surface area (TPSA) is 66.4 Å². The van der Waals surface area contributed by atoms with Gasteiger partial charge in [-0.05, 0) is 17.7 Å². The minimum atomic E-state index is 0.0671. The summed E-state index contributed by atoms with van der Waals surface area (Å²) in [5, 5.41) is 1.14. The summed E-state index contributed by atoms with van der Waals surface area (Å²) in [7, 11) is 1.60. The molecule has 29 heavy (non-hydrogen) atoms. The fourth-order valence-electron chi connectivity index (χ4n) is 3.46. The lowest BCUT2D eigenvalue weighted by molar-refractivity contribution is -0.130.